The van der Waals surface area contributed by atoms with Crippen LogP contribution < -0.4 is 5.73 Å². The lowest BCUT2D eigenvalue weighted by molar-refractivity contribution is 0.424. The zero-order valence-corrected chi connectivity index (χ0v) is 11.0. The van der Waals surface area contributed by atoms with Crippen LogP contribution in [0.1, 0.15) is 5.82 Å². The van der Waals surface area contributed by atoms with E-state index in [0.29, 0.717) is 16.3 Å². The summed E-state index contributed by atoms with van der Waals surface area (Å²) in [4.78, 5) is 3.97. The summed E-state index contributed by atoms with van der Waals surface area (Å²) in [5.74, 6) is -0.0117. The highest BCUT2D eigenvalue weighted by molar-refractivity contribution is 7.89. The van der Waals surface area contributed by atoms with Crippen LogP contribution >= 0.6 is 11.6 Å². The highest BCUT2D eigenvalue weighted by atomic mass is 35.5. The summed E-state index contributed by atoms with van der Waals surface area (Å²) in [6, 6.07) is 4.83. The predicted octanol–water partition coefficient (Wildman–Crippen LogP) is 1.52. The topological polar surface area (TPSA) is 99.1 Å². The van der Waals surface area contributed by atoms with Gasteiger partial charge in [-0.2, -0.15) is 4.98 Å². The summed E-state index contributed by atoms with van der Waals surface area (Å²) in [7, 11) is -3.20. The van der Waals surface area contributed by atoms with Crippen molar-refractivity contribution in [3.63, 3.8) is 0 Å². The number of nitrogens with two attached hydrogens (primary N) is 1. The number of nitrogens with zero attached hydrogens (tertiary/aromatic N) is 2. The van der Waals surface area contributed by atoms with Crippen LogP contribution in [-0.4, -0.2) is 24.8 Å². The van der Waals surface area contributed by atoms with E-state index in [9.17, 15) is 8.42 Å². The molecule has 0 amide bonds. The normalized spacial score (nSPS) is 11.7. The van der Waals surface area contributed by atoms with Crippen LogP contribution in [0.4, 0.5) is 5.69 Å². The fraction of sp³-hybridized carbons (Fsp3) is 0.200. The summed E-state index contributed by atoms with van der Waals surface area (Å²) in [5, 5.41) is 3.95. The molecule has 0 aliphatic carbocycles. The largest absolute Gasteiger partial charge is 0.399 e. The Morgan fingerprint density at radius 1 is 1.44 bits per heavy atom. The van der Waals surface area contributed by atoms with E-state index in [1.807, 2.05) is 0 Å². The summed E-state index contributed by atoms with van der Waals surface area (Å²) >= 11 is 5.98. The number of benzene rings is 1. The molecule has 0 bridgehead atoms. The maximum atomic E-state index is 11.1. The zero-order chi connectivity index (χ0) is 13.3. The van der Waals surface area contributed by atoms with E-state index in [4.69, 9.17) is 21.9 Å². The van der Waals surface area contributed by atoms with E-state index < -0.39 is 9.84 Å². The van der Waals surface area contributed by atoms with Crippen molar-refractivity contribution in [1.82, 2.24) is 10.1 Å². The van der Waals surface area contributed by atoms with Gasteiger partial charge in [0.15, 0.2) is 15.7 Å². The number of aromatic nitrogens is 2. The Labute approximate surface area is 109 Å². The van der Waals surface area contributed by atoms with Gasteiger partial charge in [-0.25, -0.2) is 8.42 Å². The van der Waals surface area contributed by atoms with Gasteiger partial charge >= 0.3 is 0 Å². The third kappa shape index (κ3) is 2.99. The van der Waals surface area contributed by atoms with Gasteiger partial charge in [-0.05, 0) is 18.2 Å². The predicted molar refractivity (Wildman–Crippen MR) is 67.7 cm³/mol. The molecule has 1 aromatic carbocycles. The molecule has 0 saturated carbocycles. The zero-order valence-electron chi connectivity index (χ0n) is 9.42. The van der Waals surface area contributed by atoms with Crippen LogP contribution in [0.2, 0.25) is 5.02 Å². The minimum atomic E-state index is -3.20. The van der Waals surface area contributed by atoms with Gasteiger partial charge < -0.3 is 10.3 Å². The van der Waals surface area contributed by atoms with E-state index in [0.717, 1.165) is 6.26 Å². The van der Waals surface area contributed by atoms with Crippen molar-refractivity contribution in [1.29, 1.82) is 0 Å². The second-order valence-corrected chi connectivity index (χ2v) is 6.37. The average Bonchev–Trinajstić information content (AvgIpc) is 2.63. The Morgan fingerprint density at radius 3 is 2.78 bits per heavy atom. The van der Waals surface area contributed by atoms with Crippen LogP contribution in [0.5, 0.6) is 0 Å². The molecule has 2 rings (SSSR count). The first-order chi connectivity index (χ1) is 8.35. The Bertz CT molecular complexity index is 681. The second kappa shape index (κ2) is 4.58. The Kier molecular flexibility index (Phi) is 3.27. The van der Waals surface area contributed by atoms with Crippen LogP contribution in [0, 0.1) is 0 Å². The maximum absolute atomic E-state index is 11.1. The van der Waals surface area contributed by atoms with Crippen molar-refractivity contribution >= 4 is 27.1 Å². The number of halogens is 1. The van der Waals surface area contributed by atoms with Crippen molar-refractivity contribution in [3.8, 4) is 11.5 Å². The highest BCUT2D eigenvalue weighted by Gasteiger charge is 2.15. The quantitative estimate of drug-likeness (QED) is 0.859. The van der Waals surface area contributed by atoms with Crippen LogP contribution in [0.25, 0.3) is 11.5 Å². The molecule has 1 heterocycles. The molecule has 1 aromatic heterocycles. The number of hydrogen-bond donors (Lipinski definition) is 1. The molecule has 96 valence electrons. The molecule has 6 nitrogen and oxygen atoms in total. The Balaban J connectivity index is 2.35. The third-order valence-corrected chi connectivity index (χ3v) is 3.18. The lowest BCUT2D eigenvalue weighted by Gasteiger charge is -1.99. The third-order valence-electron chi connectivity index (χ3n) is 2.08. The molecule has 8 heteroatoms. The van der Waals surface area contributed by atoms with Crippen molar-refractivity contribution in [2.45, 2.75) is 5.75 Å². The molecule has 0 saturated heterocycles. The SMILES string of the molecule is CS(=O)(=O)Cc1noc(-c2ccc(N)cc2Cl)n1. The van der Waals surface area contributed by atoms with Gasteiger partial charge in [0.1, 0.15) is 5.75 Å². The smallest absolute Gasteiger partial charge is 0.259 e. The molecular weight excluding hydrogens is 278 g/mol. The molecule has 0 radical (unpaired) electrons. The lowest BCUT2D eigenvalue weighted by Crippen LogP contribution is -2.02. The molecule has 2 aromatic rings. The number of hydrogen-bond acceptors (Lipinski definition) is 6. The van der Waals surface area contributed by atoms with Crippen LogP contribution in [0.3, 0.4) is 0 Å². The number of nitrogen functional groups attached to an aromatic ring is 1. The molecule has 0 fully saturated rings. The Morgan fingerprint density at radius 2 is 2.17 bits per heavy atom. The van der Waals surface area contributed by atoms with Gasteiger partial charge in [0.05, 0.1) is 10.6 Å². The molecule has 18 heavy (non-hydrogen) atoms. The van der Waals surface area contributed by atoms with E-state index in [1.165, 1.54) is 0 Å². The maximum Gasteiger partial charge on any atom is 0.259 e. The molecule has 2 N–H and O–H groups in total. The first kappa shape index (κ1) is 12.8. The van der Waals surface area contributed by atoms with E-state index in [-0.39, 0.29) is 17.5 Å². The minimum absolute atomic E-state index is 0.0976. The fourth-order valence-corrected chi connectivity index (χ4v) is 2.22. The molecular formula is C10H10ClN3O3S. The number of sulfone groups is 1. The molecule has 0 spiro atoms. The Hall–Kier alpha value is -1.60. The summed E-state index contributed by atoms with van der Waals surface area (Å²) in [6.45, 7) is 0. The van der Waals surface area contributed by atoms with Crippen molar-refractivity contribution in [2.24, 2.45) is 0 Å². The average molecular weight is 288 g/mol. The second-order valence-electron chi connectivity index (χ2n) is 3.83. The molecule has 0 atom stereocenters. The van der Waals surface area contributed by atoms with E-state index in [1.54, 1.807) is 18.2 Å². The molecule has 0 aliphatic heterocycles. The number of anilines is 1. The summed E-state index contributed by atoms with van der Waals surface area (Å²) in [5.41, 5.74) is 6.59. The minimum Gasteiger partial charge on any atom is -0.399 e. The monoisotopic (exact) mass is 287 g/mol. The molecule has 0 unspecified atom stereocenters. The van der Waals surface area contributed by atoms with Gasteiger partial charge in [-0.3, -0.25) is 0 Å². The number of rotatable bonds is 3. The standard InChI is InChI=1S/C10H10ClN3O3S/c1-18(15,16)5-9-13-10(17-14-9)7-3-2-6(12)4-8(7)11/h2-4H,5,12H2,1H3. The van der Waals surface area contributed by atoms with E-state index >= 15 is 0 Å². The van der Waals surface area contributed by atoms with Crippen LogP contribution in [0.15, 0.2) is 22.7 Å². The van der Waals surface area contributed by atoms with Gasteiger partial charge in [0, 0.05) is 11.9 Å². The summed E-state index contributed by atoms with van der Waals surface area (Å²) in [6.07, 6.45) is 1.10. The van der Waals surface area contributed by atoms with Crippen molar-refractivity contribution in [2.75, 3.05) is 12.0 Å². The van der Waals surface area contributed by atoms with Gasteiger partial charge in [0.2, 0.25) is 0 Å². The van der Waals surface area contributed by atoms with Gasteiger partial charge in [-0.1, -0.05) is 16.8 Å². The van der Waals surface area contributed by atoms with Gasteiger partial charge in [0.25, 0.3) is 5.89 Å². The van der Waals surface area contributed by atoms with Crippen LogP contribution in [-0.2, 0) is 15.6 Å². The summed E-state index contributed by atoms with van der Waals surface area (Å²) < 4.78 is 27.2. The highest BCUT2D eigenvalue weighted by Crippen LogP contribution is 2.28. The first-order valence-corrected chi connectivity index (χ1v) is 7.35. The fourth-order valence-electron chi connectivity index (χ4n) is 1.36. The van der Waals surface area contributed by atoms with E-state index in [2.05, 4.69) is 10.1 Å². The van der Waals surface area contributed by atoms with Crippen molar-refractivity contribution < 1.29 is 12.9 Å². The first-order valence-electron chi connectivity index (χ1n) is 4.91. The lowest BCUT2D eigenvalue weighted by atomic mass is 10.2. The van der Waals surface area contributed by atoms with Gasteiger partial charge in [-0.15, -0.1) is 0 Å². The molecule has 0 aliphatic rings. The van der Waals surface area contributed by atoms with Crippen molar-refractivity contribution in [3.05, 3.63) is 29.0 Å².